The molecule has 0 saturated heterocycles. The maximum atomic E-state index is 13.7. The molecule has 3 rings (SSSR count). The van der Waals surface area contributed by atoms with Crippen LogP contribution in [0, 0.1) is 13.8 Å². The second kappa shape index (κ2) is 10.0. The molecule has 0 spiro atoms. The smallest absolute Gasteiger partial charge is 0.254 e. The summed E-state index contributed by atoms with van der Waals surface area (Å²) >= 11 is 0. The number of carbonyl (C=O) groups excluding carboxylic acids is 2. The van der Waals surface area contributed by atoms with Gasteiger partial charge in [0.05, 0.1) is 6.04 Å². The van der Waals surface area contributed by atoms with Crippen LogP contribution >= 0.6 is 0 Å². The molecule has 0 fully saturated rings. The largest absolute Gasteiger partial charge is 0.508 e. The second-order valence-corrected chi connectivity index (χ2v) is 7.69. The maximum absolute atomic E-state index is 13.7. The van der Waals surface area contributed by atoms with E-state index in [0.29, 0.717) is 23.8 Å². The molecular formula is C26H27NO4. The van der Waals surface area contributed by atoms with Crippen LogP contribution in [0.2, 0.25) is 0 Å². The van der Waals surface area contributed by atoms with Crippen LogP contribution in [0.15, 0.2) is 72.8 Å². The zero-order valence-electron chi connectivity index (χ0n) is 17.7. The zero-order chi connectivity index (χ0) is 22.4. The van der Waals surface area contributed by atoms with E-state index in [1.54, 1.807) is 19.1 Å². The topological polar surface area (TPSA) is 77.8 Å². The number of aliphatic hydroxyl groups is 1. The number of rotatable bonds is 8. The minimum atomic E-state index is -1.36. The average Bonchev–Trinajstić information content (AvgIpc) is 2.79. The van der Waals surface area contributed by atoms with E-state index in [0.717, 1.165) is 16.7 Å². The van der Waals surface area contributed by atoms with Gasteiger partial charge in [-0.3, -0.25) is 4.79 Å². The van der Waals surface area contributed by atoms with Gasteiger partial charge in [0.15, 0.2) is 6.29 Å². The van der Waals surface area contributed by atoms with E-state index in [9.17, 15) is 19.8 Å². The van der Waals surface area contributed by atoms with E-state index >= 15 is 0 Å². The van der Waals surface area contributed by atoms with Crippen molar-refractivity contribution in [3.63, 3.8) is 0 Å². The summed E-state index contributed by atoms with van der Waals surface area (Å²) in [7, 11) is 0. The van der Waals surface area contributed by atoms with Gasteiger partial charge in [-0.2, -0.15) is 0 Å². The molecule has 160 valence electrons. The van der Waals surface area contributed by atoms with Crippen molar-refractivity contribution < 1.29 is 19.8 Å². The van der Waals surface area contributed by atoms with E-state index in [1.165, 1.54) is 11.0 Å². The summed E-state index contributed by atoms with van der Waals surface area (Å²) in [6, 6.07) is 21.2. The quantitative estimate of drug-likeness (QED) is 0.546. The summed E-state index contributed by atoms with van der Waals surface area (Å²) in [5, 5.41) is 20.7. The molecule has 0 heterocycles. The highest BCUT2D eigenvalue weighted by molar-refractivity contribution is 5.96. The van der Waals surface area contributed by atoms with Crippen molar-refractivity contribution in [3.8, 4) is 5.75 Å². The van der Waals surface area contributed by atoms with Gasteiger partial charge in [-0.15, -0.1) is 0 Å². The van der Waals surface area contributed by atoms with Crippen molar-refractivity contribution in [3.05, 3.63) is 101 Å². The molecule has 5 heteroatoms. The fraction of sp³-hybridized carbons (Fsp3) is 0.231. The molecular weight excluding hydrogens is 390 g/mol. The molecule has 31 heavy (non-hydrogen) atoms. The Morgan fingerprint density at radius 2 is 1.65 bits per heavy atom. The number of hydrogen-bond donors (Lipinski definition) is 2. The van der Waals surface area contributed by atoms with Crippen LogP contribution in [0.1, 0.15) is 32.6 Å². The first-order chi connectivity index (χ1) is 14.9. The van der Waals surface area contributed by atoms with Crippen LogP contribution in [-0.2, 0) is 17.8 Å². The average molecular weight is 418 g/mol. The molecule has 0 aliphatic carbocycles. The van der Waals surface area contributed by atoms with E-state index in [2.05, 4.69) is 0 Å². The predicted molar refractivity (Wildman–Crippen MR) is 120 cm³/mol. The molecule has 1 amide bonds. The summed E-state index contributed by atoms with van der Waals surface area (Å²) in [6.45, 7) is 3.86. The number of amides is 1. The highest BCUT2D eigenvalue weighted by atomic mass is 16.3. The van der Waals surface area contributed by atoms with Crippen molar-refractivity contribution in [1.82, 2.24) is 4.90 Å². The molecule has 3 aromatic carbocycles. The highest BCUT2D eigenvalue weighted by Gasteiger charge is 2.32. The Labute approximate surface area is 182 Å². The highest BCUT2D eigenvalue weighted by Crippen LogP contribution is 2.25. The number of phenols is 1. The normalized spacial score (nSPS) is 12.7. The molecule has 0 bridgehead atoms. The van der Waals surface area contributed by atoms with Crippen LogP contribution in [0.5, 0.6) is 5.75 Å². The van der Waals surface area contributed by atoms with Crippen LogP contribution in [-0.4, -0.2) is 39.5 Å². The predicted octanol–water partition coefficient (Wildman–Crippen LogP) is 3.82. The van der Waals surface area contributed by atoms with Gasteiger partial charge >= 0.3 is 0 Å². The maximum Gasteiger partial charge on any atom is 0.254 e. The van der Waals surface area contributed by atoms with E-state index in [-0.39, 0.29) is 18.2 Å². The van der Waals surface area contributed by atoms with Gasteiger partial charge in [0, 0.05) is 17.7 Å². The van der Waals surface area contributed by atoms with Gasteiger partial charge in [0.25, 0.3) is 5.91 Å². The molecule has 5 nitrogen and oxygen atoms in total. The molecule has 0 radical (unpaired) electrons. The third kappa shape index (κ3) is 5.19. The Morgan fingerprint density at radius 1 is 0.968 bits per heavy atom. The van der Waals surface area contributed by atoms with Gasteiger partial charge in [-0.1, -0.05) is 60.7 Å². The van der Waals surface area contributed by atoms with Crippen LogP contribution in [0.4, 0.5) is 0 Å². The molecule has 0 unspecified atom stereocenters. The molecule has 2 N–H and O–H groups in total. The van der Waals surface area contributed by atoms with Crippen molar-refractivity contribution in [2.45, 2.75) is 39.0 Å². The Hall–Kier alpha value is -3.44. The summed E-state index contributed by atoms with van der Waals surface area (Å²) in [4.78, 5) is 26.8. The van der Waals surface area contributed by atoms with Gasteiger partial charge in [-0.05, 0) is 49.1 Å². The Bertz CT molecular complexity index is 1050. The van der Waals surface area contributed by atoms with Gasteiger partial charge in [0.1, 0.15) is 11.9 Å². The summed E-state index contributed by atoms with van der Waals surface area (Å²) in [5.74, 6) is -0.323. The molecule has 0 aromatic heterocycles. The first-order valence-corrected chi connectivity index (χ1v) is 10.2. The van der Waals surface area contributed by atoms with Crippen molar-refractivity contribution in [2.24, 2.45) is 0 Å². The molecule has 3 aromatic rings. The zero-order valence-corrected chi connectivity index (χ0v) is 17.7. The SMILES string of the molecule is Cc1ccccc1CN(C(=O)c1cccc(O)c1C)[C@@H](Cc1ccccc1)[C@@H](O)C=O. The Kier molecular flexibility index (Phi) is 7.21. The lowest BCUT2D eigenvalue weighted by atomic mass is 9.97. The standard InChI is InChI=1S/C26H27NO4/c1-18-9-6-7-12-21(18)16-27(26(31)22-13-8-14-24(29)19(22)2)23(25(30)17-28)15-20-10-4-3-5-11-20/h3-14,17,23,25,29-30H,15-16H2,1-2H3/t23-,25-/m0/s1. The van der Waals surface area contributed by atoms with Crippen LogP contribution in [0.25, 0.3) is 0 Å². The van der Waals surface area contributed by atoms with Gasteiger partial charge < -0.3 is 19.9 Å². The van der Waals surface area contributed by atoms with Gasteiger partial charge in [0.2, 0.25) is 0 Å². The molecule has 0 aliphatic heterocycles. The number of carbonyl (C=O) groups is 2. The molecule has 2 atom stereocenters. The number of aliphatic hydroxyl groups excluding tert-OH is 1. The number of benzene rings is 3. The van der Waals surface area contributed by atoms with Crippen LogP contribution in [0.3, 0.4) is 0 Å². The minimum absolute atomic E-state index is 0.0252. The Morgan fingerprint density at radius 3 is 2.32 bits per heavy atom. The van der Waals surface area contributed by atoms with E-state index < -0.39 is 12.1 Å². The molecule has 0 aliphatic rings. The third-order valence-electron chi connectivity index (χ3n) is 5.62. The lowest BCUT2D eigenvalue weighted by molar-refractivity contribution is -0.117. The van der Waals surface area contributed by atoms with E-state index in [1.807, 2.05) is 61.5 Å². The number of phenolic OH excluding ortho intramolecular Hbond substituents is 1. The minimum Gasteiger partial charge on any atom is -0.508 e. The molecule has 0 saturated carbocycles. The fourth-order valence-electron chi connectivity index (χ4n) is 3.68. The number of aryl methyl sites for hydroxylation is 1. The summed E-state index contributed by atoms with van der Waals surface area (Å²) in [5.41, 5.74) is 3.63. The fourth-order valence-corrected chi connectivity index (χ4v) is 3.68. The second-order valence-electron chi connectivity index (χ2n) is 7.69. The number of aldehydes is 1. The first-order valence-electron chi connectivity index (χ1n) is 10.2. The first kappa shape index (κ1) is 22.2. The van der Waals surface area contributed by atoms with Crippen molar-refractivity contribution >= 4 is 12.2 Å². The lowest BCUT2D eigenvalue weighted by Gasteiger charge is -2.34. The lowest BCUT2D eigenvalue weighted by Crippen LogP contribution is -2.48. The van der Waals surface area contributed by atoms with Crippen molar-refractivity contribution in [1.29, 1.82) is 0 Å². The monoisotopic (exact) mass is 417 g/mol. The van der Waals surface area contributed by atoms with Gasteiger partial charge in [-0.25, -0.2) is 0 Å². The summed E-state index contributed by atoms with van der Waals surface area (Å²) in [6.07, 6.45) is -0.567. The van der Waals surface area contributed by atoms with E-state index in [4.69, 9.17) is 0 Å². The van der Waals surface area contributed by atoms with Crippen molar-refractivity contribution in [2.75, 3.05) is 0 Å². The third-order valence-corrected chi connectivity index (χ3v) is 5.62. The number of aromatic hydroxyl groups is 1. The number of nitrogens with zero attached hydrogens (tertiary/aromatic N) is 1. The number of hydrogen-bond acceptors (Lipinski definition) is 4. The van der Waals surface area contributed by atoms with Crippen LogP contribution < -0.4 is 0 Å². The Balaban J connectivity index is 2.07. The summed E-state index contributed by atoms with van der Waals surface area (Å²) < 4.78 is 0.